The topological polar surface area (TPSA) is 128 Å². The van der Waals surface area contributed by atoms with Crippen LogP contribution in [0.25, 0.3) is 22.6 Å². The molecule has 0 aromatic carbocycles. The van der Waals surface area contributed by atoms with Crippen LogP contribution in [-0.2, 0) is 9.53 Å². The van der Waals surface area contributed by atoms with E-state index in [0.29, 0.717) is 21.7 Å². The third kappa shape index (κ3) is 5.38. The van der Waals surface area contributed by atoms with Crippen molar-refractivity contribution in [2.75, 3.05) is 11.9 Å². The van der Waals surface area contributed by atoms with Gasteiger partial charge in [-0.15, -0.1) is 0 Å². The van der Waals surface area contributed by atoms with Crippen LogP contribution in [0.1, 0.15) is 13.8 Å². The molecule has 0 saturated carbocycles. The van der Waals surface area contributed by atoms with Crippen molar-refractivity contribution in [2.24, 2.45) is 0 Å². The van der Waals surface area contributed by atoms with Crippen molar-refractivity contribution in [1.29, 1.82) is 0 Å². The summed E-state index contributed by atoms with van der Waals surface area (Å²) in [6.07, 6.45) is 2.77. The van der Waals surface area contributed by atoms with Crippen molar-refractivity contribution < 1.29 is 18.7 Å². The van der Waals surface area contributed by atoms with E-state index in [1.807, 2.05) is 13.8 Å². The monoisotopic (exact) mass is 471 g/mol. The smallest absolute Gasteiger partial charge is 0.269 e. The first kappa shape index (κ1) is 22.5. The molecule has 4 rings (SSSR count). The molecule has 0 aliphatic heterocycles. The maximum Gasteiger partial charge on any atom is 0.269 e. The molecular formula is C21H19ClFN7O3. The number of halogens is 2. The average molecular weight is 472 g/mol. The van der Waals surface area contributed by atoms with Gasteiger partial charge in [-0.1, -0.05) is 11.6 Å². The highest BCUT2D eigenvalue weighted by molar-refractivity contribution is 6.32. The van der Waals surface area contributed by atoms with Crippen molar-refractivity contribution in [3.8, 4) is 17.4 Å². The number of H-pyrrole nitrogens is 1. The predicted molar refractivity (Wildman–Crippen MR) is 118 cm³/mol. The van der Waals surface area contributed by atoms with Crippen LogP contribution in [0.2, 0.25) is 5.02 Å². The third-order valence-corrected chi connectivity index (χ3v) is 4.66. The Bertz CT molecular complexity index is 1270. The van der Waals surface area contributed by atoms with Gasteiger partial charge in [0, 0.05) is 6.20 Å². The van der Waals surface area contributed by atoms with E-state index in [0.717, 1.165) is 6.20 Å². The number of nitrogens with zero attached hydrogens (tertiary/aromatic N) is 5. The zero-order chi connectivity index (χ0) is 23.4. The van der Waals surface area contributed by atoms with Gasteiger partial charge in [0.1, 0.15) is 22.7 Å². The van der Waals surface area contributed by atoms with E-state index in [-0.39, 0.29) is 30.2 Å². The SMILES string of the molecule is CC(C)OC[C@H](Oc1nc(-c2ncccc2Cl)nc2[nH]ncc12)C(=O)Nc1ccc(F)cn1. The van der Waals surface area contributed by atoms with Crippen molar-refractivity contribution in [2.45, 2.75) is 26.1 Å². The number of pyridine rings is 2. The van der Waals surface area contributed by atoms with Crippen LogP contribution in [0.3, 0.4) is 0 Å². The lowest BCUT2D eigenvalue weighted by Crippen LogP contribution is -2.38. The van der Waals surface area contributed by atoms with Gasteiger partial charge in [-0.3, -0.25) is 14.9 Å². The van der Waals surface area contributed by atoms with Gasteiger partial charge in [0.05, 0.1) is 30.1 Å². The summed E-state index contributed by atoms with van der Waals surface area (Å²) in [5, 5.41) is 10.1. The number of hydrogen-bond acceptors (Lipinski definition) is 8. The molecule has 0 spiro atoms. The molecule has 1 atom stereocenters. The van der Waals surface area contributed by atoms with Gasteiger partial charge in [-0.2, -0.15) is 10.1 Å². The zero-order valence-electron chi connectivity index (χ0n) is 17.6. The minimum Gasteiger partial charge on any atom is -0.461 e. The normalized spacial score (nSPS) is 12.2. The van der Waals surface area contributed by atoms with Gasteiger partial charge >= 0.3 is 0 Å². The molecule has 0 saturated heterocycles. The summed E-state index contributed by atoms with van der Waals surface area (Å²) < 4.78 is 24.7. The summed E-state index contributed by atoms with van der Waals surface area (Å²) in [6, 6.07) is 5.87. The Balaban J connectivity index is 1.66. The highest BCUT2D eigenvalue weighted by Gasteiger charge is 2.25. The lowest BCUT2D eigenvalue weighted by Gasteiger charge is -2.20. The average Bonchev–Trinajstić information content (AvgIpc) is 3.27. The fourth-order valence-electron chi connectivity index (χ4n) is 2.79. The Morgan fingerprint density at radius 3 is 2.79 bits per heavy atom. The lowest BCUT2D eigenvalue weighted by atomic mass is 10.3. The number of nitrogens with one attached hydrogen (secondary N) is 2. The molecule has 0 aliphatic carbocycles. The van der Waals surface area contributed by atoms with Crippen LogP contribution in [0.5, 0.6) is 5.88 Å². The number of amides is 1. The molecule has 170 valence electrons. The Morgan fingerprint density at radius 2 is 2.06 bits per heavy atom. The Hall–Kier alpha value is -3.70. The second-order valence-corrected chi connectivity index (χ2v) is 7.57. The molecule has 4 aromatic heterocycles. The first-order valence-electron chi connectivity index (χ1n) is 9.93. The number of rotatable bonds is 8. The summed E-state index contributed by atoms with van der Waals surface area (Å²) in [5.41, 5.74) is 0.719. The van der Waals surface area contributed by atoms with E-state index < -0.39 is 17.8 Å². The Kier molecular flexibility index (Phi) is 6.71. The molecule has 12 heteroatoms. The van der Waals surface area contributed by atoms with E-state index in [2.05, 4.69) is 35.5 Å². The van der Waals surface area contributed by atoms with Crippen molar-refractivity contribution in [1.82, 2.24) is 30.1 Å². The summed E-state index contributed by atoms with van der Waals surface area (Å²) in [6.45, 7) is 3.58. The summed E-state index contributed by atoms with van der Waals surface area (Å²) in [5.74, 6) is -0.631. The number of aromatic nitrogens is 6. The summed E-state index contributed by atoms with van der Waals surface area (Å²) in [7, 11) is 0. The van der Waals surface area contributed by atoms with E-state index >= 15 is 0 Å². The van der Waals surface area contributed by atoms with Crippen molar-refractivity contribution in [3.63, 3.8) is 0 Å². The zero-order valence-corrected chi connectivity index (χ0v) is 18.4. The van der Waals surface area contributed by atoms with Gasteiger partial charge < -0.3 is 14.8 Å². The Labute approximate surface area is 192 Å². The maximum absolute atomic E-state index is 13.1. The van der Waals surface area contributed by atoms with Crippen molar-refractivity contribution in [3.05, 3.63) is 53.7 Å². The number of carbonyl (C=O) groups is 1. The highest BCUT2D eigenvalue weighted by Crippen LogP contribution is 2.28. The second kappa shape index (κ2) is 9.84. The molecule has 1 amide bonds. The van der Waals surface area contributed by atoms with Gasteiger partial charge in [0.15, 0.2) is 11.5 Å². The number of aromatic amines is 1. The van der Waals surface area contributed by atoms with E-state index in [1.54, 1.807) is 18.3 Å². The van der Waals surface area contributed by atoms with Gasteiger partial charge in [0.2, 0.25) is 12.0 Å². The Morgan fingerprint density at radius 1 is 1.21 bits per heavy atom. The molecule has 0 unspecified atom stereocenters. The highest BCUT2D eigenvalue weighted by atomic mass is 35.5. The molecule has 0 radical (unpaired) electrons. The van der Waals surface area contributed by atoms with Crippen LogP contribution in [0.4, 0.5) is 10.2 Å². The number of carbonyl (C=O) groups excluding carboxylic acids is 1. The quantitative estimate of drug-likeness (QED) is 0.400. The van der Waals surface area contributed by atoms with Crippen LogP contribution in [-0.4, -0.2) is 54.9 Å². The molecule has 0 fully saturated rings. The second-order valence-electron chi connectivity index (χ2n) is 7.16. The standard InChI is InChI=1S/C21H19ClFN7O3/c1-11(2)32-10-15(20(31)27-16-6-5-12(23)8-25-16)33-21-13-9-26-30-18(13)28-19(29-21)17-14(22)4-3-7-24-17/h3-9,11,15H,10H2,1-2H3,(H,25,27,31)(H,26,28,29,30)/t15-/m0/s1. The molecule has 4 heterocycles. The minimum absolute atomic E-state index is 0.0757. The first-order chi connectivity index (χ1) is 15.9. The first-order valence-corrected chi connectivity index (χ1v) is 10.3. The third-order valence-electron chi connectivity index (χ3n) is 4.35. The fraction of sp³-hybridized carbons (Fsp3) is 0.238. The largest absolute Gasteiger partial charge is 0.461 e. The van der Waals surface area contributed by atoms with Crippen molar-refractivity contribution >= 4 is 34.4 Å². The lowest BCUT2D eigenvalue weighted by molar-refractivity contribution is -0.126. The van der Waals surface area contributed by atoms with E-state index in [4.69, 9.17) is 21.1 Å². The molecule has 4 aromatic rings. The van der Waals surface area contributed by atoms with Crippen LogP contribution in [0, 0.1) is 5.82 Å². The predicted octanol–water partition coefficient (Wildman–Crippen LogP) is 3.41. The van der Waals surface area contributed by atoms with Gasteiger partial charge in [-0.05, 0) is 38.1 Å². The van der Waals surface area contributed by atoms with Gasteiger partial charge in [-0.25, -0.2) is 14.4 Å². The molecule has 0 aliphatic rings. The molecule has 33 heavy (non-hydrogen) atoms. The van der Waals surface area contributed by atoms with E-state index in [9.17, 15) is 9.18 Å². The maximum atomic E-state index is 13.1. The summed E-state index contributed by atoms with van der Waals surface area (Å²) in [4.78, 5) is 29.8. The minimum atomic E-state index is -1.11. The molecule has 0 bridgehead atoms. The fourth-order valence-corrected chi connectivity index (χ4v) is 2.99. The van der Waals surface area contributed by atoms with Gasteiger partial charge in [0.25, 0.3) is 5.91 Å². The van der Waals surface area contributed by atoms with Crippen LogP contribution >= 0.6 is 11.6 Å². The molecular weight excluding hydrogens is 453 g/mol. The number of anilines is 1. The van der Waals surface area contributed by atoms with Crippen LogP contribution in [0.15, 0.2) is 42.9 Å². The number of fused-ring (bicyclic) bond motifs is 1. The van der Waals surface area contributed by atoms with Crippen LogP contribution < -0.4 is 10.1 Å². The molecule has 2 N–H and O–H groups in total. The van der Waals surface area contributed by atoms with E-state index in [1.165, 1.54) is 18.3 Å². The number of ether oxygens (including phenoxy) is 2. The number of hydrogen-bond donors (Lipinski definition) is 2. The molecule has 10 nitrogen and oxygen atoms in total. The summed E-state index contributed by atoms with van der Waals surface area (Å²) >= 11 is 6.25.